The van der Waals surface area contributed by atoms with E-state index in [0.717, 1.165) is 23.4 Å². The number of nitrogens with zero attached hydrogens (tertiary/aromatic N) is 1. The van der Waals surface area contributed by atoms with Gasteiger partial charge in [-0.15, -0.1) is 0 Å². The number of rotatable bonds is 6. The molecule has 3 nitrogen and oxygen atoms in total. The van der Waals surface area contributed by atoms with Crippen LogP contribution < -0.4 is 4.74 Å². The fraction of sp³-hybridized carbons (Fsp3) is 0.353. The Morgan fingerprint density at radius 2 is 2.00 bits per heavy atom. The molecule has 1 unspecified atom stereocenters. The summed E-state index contributed by atoms with van der Waals surface area (Å²) in [4.78, 5) is 4.38. The molecule has 1 atom stereocenters. The number of ether oxygens (including phenoxy) is 1. The summed E-state index contributed by atoms with van der Waals surface area (Å²) in [6.45, 7) is 2.11. The average molecular weight is 271 g/mol. The lowest BCUT2D eigenvalue weighted by atomic mass is 10.0. The van der Waals surface area contributed by atoms with Gasteiger partial charge in [-0.2, -0.15) is 0 Å². The van der Waals surface area contributed by atoms with Crippen molar-refractivity contribution >= 4 is 0 Å². The summed E-state index contributed by atoms with van der Waals surface area (Å²) in [7, 11) is 1.65. The van der Waals surface area contributed by atoms with Gasteiger partial charge < -0.3 is 9.84 Å². The number of hydrogen-bond donors (Lipinski definition) is 1. The first-order chi connectivity index (χ1) is 9.71. The van der Waals surface area contributed by atoms with E-state index in [1.165, 1.54) is 5.56 Å². The molecule has 0 radical (unpaired) electrons. The number of methoxy groups -OCH3 is 1. The number of aromatic nitrogens is 1. The van der Waals surface area contributed by atoms with E-state index in [4.69, 9.17) is 4.74 Å². The SMILES string of the molecule is CCc1ccc(CC(O)Cc2cccc(OC)c2)nc1. The second-order valence-corrected chi connectivity index (χ2v) is 4.92. The van der Waals surface area contributed by atoms with Crippen molar-refractivity contribution in [2.24, 2.45) is 0 Å². The monoisotopic (exact) mass is 271 g/mol. The summed E-state index contributed by atoms with van der Waals surface area (Å²) in [5.74, 6) is 0.820. The lowest BCUT2D eigenvalue weighted by Crippen LogP contribution is -2.14. The van der Waals surface area contributed by atoms with Crippen LogP contribution in [0.25, 0.3) is 0 Å². The topological polar surface area (TPSA) is 42.4 Å². The van der Waals surface area contributed by atoms with Crippen LogP contribution in [0.5, 0.6) is 5.75 Å². The third kappa shape index (κ3) is 4.07. The highest BCUT2D eigenvalue weighted by atomic mass is 16.5. The third-order valence-corrected chi connectivity index (χ3v) is 3.34. The molecule has 0 bridgehead atoms. The molecule has 0 spiro atoms. The summed E-state index contributed by atoms with van der Waals surface area (Å²) in [6, 6.07) is 11.9. The van der Waals surface area contributed by atoms with E-state index < -0.39 is 6.10 Å². The summed E-state index contributed by atoms with van der Waals surface area (Å²) in [5, 5.41) is 10.2. The van der Waals surface area contributed by atoms with Gasteiger partial charge in [0.25, 0.3) is 0 Å². The molecule has 0 aliphatic rings. The van der Waals surface area contributed by atoms with Crippen molar-refractivity contribution in [3.8, 4) is 5.75 Å². The van der Waals surface area contributed by atoms with Crippen LogP contribution in [0, 0.1) is 0 Å². The lowest BCUT2D eigenvalue weighted by Gasteiger charge is -2.11. The van der Waals surface area contributed by atoms with Gasteiger partial charge >= 0.3 is 0 Å². The van der Waals surface area contributed by atoms with Gasteiger partial charge in [0.15, 0.2) is 0 Å². The summed E-state index contributed by atoms with van der Waals surface area (Å²) in [5.41, 5.74) is 3.22. The van der Waals surface area contributed by atoms with E-state index in [9.17, 15) is 5.11 Å². The standard InChI is InChI=1S/C17H21NO2/c1-3-13-7-8-15(18-12-13)11-16(19)9-14-5-4-6-17(10-14)20-2/h4-8,10,12,16,19H,3,9,11H2,1-2H3. The Balaban J connectivity index is 1.95. The molecule has 1 heterocycles. The Bertz CT molecular complexity index is 537. The third-order valence-electron chi connectivity index (χ3n) is 3.34. The molecule has 106 valence electrons. The van der Waals surface area contributed by atoms with Gasteiger partial charge in [0.05, 0.1) is 13.2 Å². The largest absolute Gasteiger partial charge is 0.497 e. The van der Waals surface area contributed by atoms with Crippen molar-refractivity contribution in [2.75, 3.05) is 7.11 Å². The van der Waals surface area contributed by atoms with Gasteiger partial charge in [0.1, 0.15) is 5.75 Å². The first-order valence-electron chi connectivity index (χ1n) is 6.96. The Labute approximate surface area is 120 Å². The highest BCUT2D eigenvalue weighted by Gasteiger charge is 2.08. The molecule has 0 aliphatic heterocycles. The number of aliphatic hydroxyl groups excluding tert-OH is 1. The van der Waals surface area contributed by atoms with Gasteiger partial charge in [0, 0.05) is 18.3 Å². The van der Waals surface area contributed by atoms with Crippen molar-refractivity contribution in [2.45, 2.75) is 32.3 Å². The number of pyridine rings is 1. The Hall–Kier alpha value is -1.87. The first kappa shape index (κ1) is 14.5. The van der Waals surface area contributed by atoms with E-state index >= 15 is 0 Å². The Morgan fingerprint density at radius 3 is 2.65 bits per heavy atom. The van der Waals surface area contributed by atoms with Crippen molar-refractivity contribution in [3.63, 3.8) is 0 Å². The van der Waals surface area contributed by atoms with E-state index in [2.05, 4.69) is 18.0 Å². The number of hydrogen-bond acceptors (Lipinski definition) is 3. The molecule has 20 heavy (non-hydrogen) atoms. The zero-order valence-corrected chi connectivity index (χ0v) is 12.0. The van der Waals surface area contributed by atoms with E-state index in [-0.39, 0.29) is 0 Å². The van der Waals surface area contributed by atoms with Crippen LogP contribution in [-0.2, 0) is 19.3 Å². The van der Waals surface area contributed by atoms with Gasteiger partial charge in [0.2, 0.25) is 0 Å². The van der Waals surface area contributed by atoms with E-state index in [1.54, 1.807) is 7.11 Å². The highest BCUT2D eigenvalue weighted by molar-refractivity contribution is 5.29. The van der Waals surface area contributed by atoms with E-state index in [1.807, 2.05) is 36.5 Å². The van der Waals surface area contributed by atoms with E-state index in [0.29, 0.717) is 12.8 Å². The fourth-order valence-corrected chi connectivity index (χ4v) is 2.17. The maximum Gasteiger partial charge on any atom is 0.119 e. The second kappa shape index (κ2) is 7.06. The number of aliphatic hydroxyl groups is 1. The number of benzene rings is 1. The first-order valence-corrected chi connectivity index (χ1v) is 6.96. The van der Waals surface area contributed by atoms with Gasteiger partial charge in [-0.3, -0.25) is 4.98 Å². The molecule has 3 heteroatoms. The number of aryl methyl sites for hydroxylation is 1. The molecule has 1 aromatic carbocycles. The minimum absolute atomic E-state index is 0.429. The highest BCUT2D eigenvalue weighted by Crippen LogP contribution is 2.15. The predicted molar refractivity (Wildman–Crippen MR) is 80.0 cm³/mol. The molecule has 2 aromatic rings. The van der Waals surface area contributed by atoms with Gasteiger partial charge in [-0.25, -0.2) is 0 Å². The smallest absolute Gasteiger partial charge is 0.119 e. The Kier molecular flexibility index (Phi) is 5.13. The molecular formula is C17H21NO2. The van der Waals surface area contributed by atoms with Crippen LogP contribution in [0.15, 0.2) is 42.6 Å². The van der Waals surface area contributed by atoms with Crippen molar-refractivity contribution < 1.29 is 9.84 Å². The van der Waals surface area contributed by atoms with Gasteiger partial charge in [-0.1, -0.05) is 25.1 Å². The maximum absolute atomic E-state index is 10.2. The molecule has 1 N–H and O–H groups in total. The molecule has 0 aliphatic carbocycles. The molecule has 0 fully saturated rings. The fourth-order valence-electron chi connectivity index (χ4n) is 2.17. The lowest BCUT2D eigenvalue weighted by molar-refractivity contribution is 0.174. The van der Waals surface area contributed by atoms with Gasteiger partial charge in [-0.05, 0) is 42.2 Å². The molecular weight excluding hydrogens is 250 g/mol. The van der Waals surface area contributed by atoms with Crippen molar-refractivity contribution in [3.05, 3.63) is 59.4 Å². The Morgan fingerprint density at radius 1 is 1.15 bits per heavy atom. The van der Waals surface area contributed by atoms with Crippen LogP contribution >= 0.6 is 0 Å². The molecule has 1 aromatic heterocycles. The van der Waals surface area contributed by atoms with Crippen molar-refractivity contribution in [1.29, 1.82) is 0 Å². The predicted octanol–water partition coefficient (Wildman–Crippen LogP) is 2.80. The zero-order chi connectivity index (χ0) is 14.4. The minimum Gasteiger partial charge on any atom is -0.497 e. The van der Waals surface area contributed by atoms with Crippen LogP contribution in [0.4, 0.5) is 0 Å². The molecule has 0 saturated heterocycles. The normalized spacial score (nSPS) is 12.2. The molecule has 0 saturated carbocycles. The zero-order valence-electron chi connectivity index (χ0n) is 12.0. The van der Waals surface area contributed by atoms with Crippen LogP contribution in [0.2, 0.25) is 0 Å². The summed E-state index contributed by atoms with van der Waals surface area (Å²) < 4.78 is 5.19. The summed E-state index contributed by atoms with van der Waals surface area (Å²) >= 11 is 0. The minimum atomic E-state index is -0.429. The summed E-state index contributed by atoms with van der Waals surface area (Å²) in [6.07, 6.45) is 3.62. The van der Waals surface area contributed by atoms with Crippen molar-refractivity contribution in [1.82, 2.24) is 4.98 Å². The maximum atomic E-state index is 10.2. The average Bonchev–Trinajstić information content (AvgIpc) is 2.48. The molecule has 0 amide bonds. The van der Waals surface area contributed by atoms with Crippen LogP contribution in [0.1, 0.15) is 23.7 Å². The second-order valence-electron chi connectivity index (χ2n) is 4.92. The van der Waals surface area contributed by atoms with Crippen LogP contribution in [0.3, 0.4) is 0 Å². The molecule has 2 rings (SSSR count). The quantitative estimate of drug-likeness (QED) is 0.878. The van der Waals surface area contributed by atoms with Crippen LogP contribution in [-0.4, -0.2) is 23.3 Å².